The van der Waals surface area contributed by atoms with Crippen LogP contribution in [0.1, 0.15) is 31.9 Å². The average Bonchev–Trinajstić information content (AvgIpc) is 2.52. The van der Waals surface area contributed by atoms with Gasteiger partial charge in [-0.3, -0.25) is 0 Å². The second-order valence-electron chi connectivity index (χ2n) is 6.71. The number of hydrogen-bond acceptors (Lipinski definition) is 3. The van der Waals surface area contributed by atoms with Crippen LogP contribution < -0.4 is 10.5 Å². The minimum atomic E-state index is -1.03. The van der Waals surface area contributed by atoms with Gasteiger partial charge in [-0.2, -0.15) is 0 Å². The molecule has 0 heterocycles. The predicted octanol–water partition coefficient (Wildman–Crippen LogP) is 4.20. The number of carbonyl (C=O) groups is 1. The zero-order chi connectivity index (χ0) is 18.6. The Morgan fingerprint density at radius 2 is 1.80 bits per heavy atom. The number of nitrogens with two attached hydrogens (primary N) is 1. The topological polar surface area (TPSA) is 72.5 Å². The lowest BCUT2D eigenvalue weighted by Gasteiger charge is -2.28. The summed E-state index contributed by atoms with van der Waals surface area (Å²) in [6, 6.07) is 12.1. The van der Waals surface area contributed by atoms with Crippen LogP contribution in [0.4, 0.5) is 5.69 Å². The zero-order valence-electron chi connectivity index (χ0n) is 14.3. The van der Waals surface area contributed by atoms with Gasteiger partial charge in [0.15, 0.2) is 6.10 Å². The quantitative estimate of drug-likeness (QED) is 0.637. The lowest BCUT2D eigenvalue weighted by molar-refractivity contribution is -0.150. The van der Waals surface area contributed by atoms with Gasteiger partial charge in [0.2, 0.25) is 0 Å². The Kier molecular flexibility index (Phi) is 5.61. The van der Waals surface area contributed by atoms with E-state index in [1.54, 1.807) is 51.1 Å². The smallest absolute Gasteiger partial charge is 0.345 e. The van der Waals surface area contributed by atoms with E-state index in [4.69, 9.17) is 22.1 Å². The van der Waals surface area contributed by atoms with Crippen molar-refractivity contribution in [1.29, 1.82) is 0 Å². The highest BCUT2D eigenvalue weighted by atomic mass is 35.5. The molecule has 2 aromatic rings. The molecule has 5 heteroatoms. The molecule has 0 amide bonds. The van der Waals surface area contributed by atoms with Crippen LogP contribution in [-0.4, -0.2) is 17.2 Å². The largest absolute Gasteiger partial charge is 0.478 e. The summed E-state index contributed by atoms with van der Waals surface area (Å²) >= 11 is 6.05. The number of rotatable bonds is 3. The number of nitrogen functional groups attached to an aromatic ring is 1. The molecular formula is C20H20ClNO3. The molecule has 0 aliphatic carbocycles. The normalized spacial score (nSPS) is 12.0. The molecule has 0 saturated heterocycles. The number of carboxylic acid groups (broad SMARTS) is 1. The molecule has 0 radical (unpaired) electrons. The Bertz CT molecular complexity index is 827. The summed E-state index contributed by atoms with van der Waals surface area (Å²) in [5, 5.41) is 9.95. The van der Waals surface area contributed by atoms with Crippen LogP contribution in [0.15, 0.2) is 42.5 Å². The number of carboxylic acids is 1. The SMILES string of the molecule is CC(C)(C)C(Oc1ccc(Cl)cc1C#Cc1ccc(N)cc1)C(=O)O. The molecule has 2 aromatic carbocycles. The molecule has 25 heavy (non-hydrogen) atoms. The van der Waals surface area contributed by atoms with E-state index in [0.717, 1.165) is 5.56 Å². The Labute approximate surface area is 152 Å². The molecule has 0 aromatic heterocycles. The Morgan fingerprint density at radius 1 is 1.16 bits per heavy atom. The first kappa shape index (κ1) is 18.7. The molecule has 0 fully saturated rings. The van der Waals surface area contributed by atoms with Gasteiger partial charge in [-0.15, -0.1) is 0 Å². The van der Waals surface area contributed by atoms with Crippen LogP contribution in [0.2, 0.25) is 5.02 Å². The zero-order valence-corrected chi connectivity index (χ0v) is 15.1. The van der Waals surface area contributed by atoms with Crippen molar-refractivity contribution in [1.82, 2.24) is 0 Å². The van der Waals surface area contributed by atoms with Gasteiger partial charge in [-0.05, 0) is 42.5 Å². The average molecular weight is 358 g/mol. The van der Waals surface area contributed by atoms with Gasteiger partial charge in [0.1, 0.15) is 5.75 Å². The second kappa shape index (κ2) is 7.50. The lowest BCUT2D eigenvalue weighted by atomic mass is 9.89. The Hall–Kier alpha value is -2.64. The van der Waals surface area contributed by atoms with E-state index in [2.05, 4.69) is 11.8 Å². The van der Waals surface area contributed by atoms with E-state index >= 15 is 0 Å². The number of halogens is 1. The molecule has 3 N–H and O–H groups in total. The first-order valence-corrected chi connectivity index (χ1v) is 8.11. The van der Waals surface area contributed by atoms with E-state index < -0.39 is 17.5 Å². The molecule has 0 saturated carbocycles. The molecule has 0 aliphatic rings. The summed E-state index contributed by atoms with van der Waals surface area (Å²) in [5.74, 6) is 5.35. The van der Waals surface area contributed by atoms with Gasteiger partial charge in [0.05, 0.1) is 5.56 Å². The van der Waals surface area contributed by atoms with Crippen molar-refractivity contribution in [2.45, 2.75) is 26.9 Å². The van der Waals surface area contributed by atoms with E-state index in [0.29, 0.717) is 22.0 Å². The van der Waals surface area contributed by atoms with Crippen LogP contribution in [0.3, 0.4) is 0 Å². The second-order valence-corrected chi connectivity index (χ2v) is 7.15. The summed E-state index contributed by atoms with van der Waals surface area (Å²) in [4.78, 5) is 11.5. The van der Waals surface area contributed by atoms with Crippen molar-refractivity contribution in [3.63, 3.8) is 0 Å². The van der Waals surface area contributed by atoms with Crippen molar-refractivity contribution in [2.24, 2.45) is 5.41 Å². The summed E-state index contributed by atoms with van der Waals surface area (Å²) in [6.07, 6.45) is -1.01. The maximum absolute atomic E-state index is 11.5. The maximum Gasteiger partial charge on any atom is 0.345 e. The first-order chi connectivity index (χ1) is 11.7. The van der Waals surface area contributed by atoms with Gasteiger partial charge >= 0.3 is 5.97 Å². The molecular weight excluding hydrogens is 338 g/mol. The van der Waals surface area contributed by atoms with E-state index in [-0.39, 0.29) is 0 Å². The summed E-state index contributed by atoms with van der Waals surface area (Å²) < 4.78 is 5.75. The molecule has 2 rings (SSSR count). The highest BCUT2D eigenvalue weighted by Gasteiger charge is 2.33. The fourth-order valence-corrected chi connectivity index (χ4v) is 2.31. The number of anilines is 1. The molecule has 4 nitrogen and oxygen atoms in total. The van der Waals surface area contributed by atoms with E-state index in [1.807, 2.05) is 12.1 Å². The van der Waals surface area contributed by atoms with Gasteiger partial charge < -0.3 is 15.6 Å². The fraction of sp³-hybridized carbons (Fsp3) is 0.250. The number of aliphatic carboxylic acids is 1. The maximum atomic E-state index is 11.5. The Balaban J connectivity index is 2.38. The van der Waals surface area contributed by atoms with Gasteiger partial charge in [0.25, 0.3) is 0 Å². The van der Waals surface area contributed by atoms with E-state index in [1.165, 1.54) is 0 Å². The minimum absolute atomic E-state index is 0.384. The van der Waals surface area contributed by atoms with Crippen molar-refractivity contribution in [3.8, 4) is 17.6 Å². The van der Waals surface area contributed by atoms with Crippen LogP contribution in [0, 0.1) is 17.3 Å². The minimum Gasteiger partial charge on any atom is -0.478 e. The van der Waals surface area contributed by atoms with Gasteiger partial charge in [0, 0.05) is 21.7 Å². The van der Waals surface area contributed by atoms with Crippen LogP contribution in [0.25, 0.3) is 0 Å². The fourth-order valence-electron chi connectivity index (χ4n) is 2.13. The third-order valence-electron chi connectivity index (χ3n) is 3.45. The Morgan fingerprint density at radius 3 is 2.36 bits per heavy atom. The first-order valence-electron chi connectivity index (χ1n) is 7.73. The molecule has 0 aliphatic heterocycles. The molecule has 1 unspecified atom stereocenters. The highest BCUT2D eigenvalue weighted by molar-refractivity contribution is 6.30. The molecule has 1 atom stereocenters. The van der Waals surface area contributed by atoms with Crippen LogP contribution in [0.5, 0.6) is 5.75 Å². The monoisotopic (exact) mass is 357 g/mol. The van der Waals surface area contributed by atoms with Crippen molar-refractivity contribution >= 4 is 23.3 Å². The number of hydrogen-bond donors (Lipinski definition) is 2. The molecule has 0 bridgehead atoms. The predicted molar refractivity (Wildman–Crippen MR) is 99.8 cm³/mol. The standard InChI is InChI=1S/C20H20ClNO3/c1-20(2,3)18(19(23)24)25-17-11-8-15(21)12-14(17)7-4-13-5-9-16(22)10-6-13/h5-6,8-12,18H,22H2,1-3H3,(H,23,24). The van der Waals surface area contributed by atoms with Crippen LogP contribution >= 0.6 is 11.6 Å². The van der Waals surface area contributed by atoms with E-state index in [9.17, 15) is 9.90 Å². The summed E-state index contributed by atoms with van der Waals surface area (Å²) in [7, 11) is 0. The highest BCUT2D eigenvalue weighted by Crippen LogP contribution is 2.29. The molecule has 130 valence electrons. The molecule has 0 spiro atoms. The summed E-state index contributed by atoms with van der Waals surface area (Å²) in [6.45, 7) is 5.42. The van der Waals surface area contributed by atoms with Gasteiger partial charge in [-0.25, -0.2) is 4.79 Å². The number of ether oxygens (including phenoxy) is 1. The van der Waals surface area contributed by atoms with Crippen molar-refractivity contribution < 1.29 is 14.6 Å². The van der Waals surface area contributed by atoms with Crippen molar-refractivity contribution in [2.75, 3.05) is 5.73 Å². The van der Waals surface area contributed by atoms with Gasteiger partial charge in [-0.1, -0.05) is 44.2 Å². The third-order valence-corrected chi connectivity index (χ3v) is 3.68. The lowest BCUT2D eigenvalue weighted by Crippen LogP contribution is -2.39. The van der Waals surface area contributed by atoms with Crippen molar-refractivity contribution in [3.05, 3.63) is 58.6 Å². The summed E-state index contributed by atoms with van der Waals surface area (Å²) in [5.41, 5.74) is 7.05. The number of benzene rings is 2. The van der Waals surface area contributed by atoms with Crippen LogP contribution in [-0.2, 0) is 4.79 Å². The third kappa shape index (κ3) is 5.17.